The highest BCUT2D eigenvalue weighted by molar-refractivity contribution is 5.83. The van der Waals surface area contributed by atoms with Crippen LogP contribution >= 0.6 is 0 Å². The zero-order chi connectivity index (χ0) is 14.3. The molecule has 1 rings (SSSR count). The molecule has 1 fully saturated rings. The Balaban J connectivity index is 2.36. The summed E-state index contributed by atoms with van der Waals surface area (Å²) in [4.78, 5) is 25.6. The van der Waals surface area contributed by atoms with Crippen molar-refractivity contribution in [3.63, 3.8) is 0 Å². The molecular weight excluding hydrogens is 242 g/mol. The van der Waals surface area contributed by atoms with Crippen molar-refractivity contribution in [3.05, 3.63) is 0 Å². The fourth-order valence-corrected chi connectivity index (χ4v) is 2.30. The van der Waals surface area contributed by atoms with Gasteiger partial charge in [-0.05, 0) is 39.7 Å². The van der Waals surface area contributed by atoms with Crippen molar-refractivity contribution in [2.24, 2.45) is 0 Å². The van der Waals surface area contributed by atoms with Crippen LogP contribution in [0.25, 0.3) is 0 Å². The second kappa shape index (κ2) is 8.15. The molecule has 0 saturated carbocycles. The molecule has 1 unspecified atom stereocenters. The standard InChI is InChI=1S/C14H27N3O2/c1-4-8-15-12-6-5-9-17(14(12)19)10-7-13(18)16-11(2)3/h11-12,15H,4-10H2,1-3H3,(H,16,18). The van der Waals surface area contributed by atoms with E-state index >= 15 is 0 Å². The zero-order valence-electron chi connectivity index (χ0n) is 12.4. The van der Waals surface area contributed by atoms with Gasteiger partial charge in [-0.2, -0.15) is 0 Å². The maximum atomic E-state index is 12.2. The van der Waals surface area contributed by atoms with Crippen LogP contribution in [0.2, 0.25) is 0 Å². The number of nitrogens with one attached hydrogen (secondary N) is 2. The van der Waals surface area contributed by atoms with Crippen LogP contribution in [-0.4, -0.2) is 48.4 Å². The molecule has 5 nitrogen and oxygen atoms in total. The summed E-state index contributed by atoms with van der Waals surface area (Å²) in [5.41, 5.74) is 0. The molecule has 1 atom stereocenters. The predicted molar refractivity (Wildman–Crippen MR) is 75.8 cm³/mol. The number of piperidine rings is 1. The molecule has 0 radical (unpaired) electrons. The summed E-state index contributed by atoms with van der Waals surface area (Å²) in [5.74, 6) is 0.170. The summed E-state index contributed by atoms with van der Waals surface area (Å²) in [6, 6.07) is 0.102. The van der Waals surface area contributed by atoms with Gasteiger partial charge in [0.25, 0.3) is 0 Å². The smallest absolute Gasteiger partial charge is 0.239 e. The van der Waals surface area contributed by atoms with Gasteiger partial charge < -0.3 is 15.5 Å². The van der Waals surface area contributed by atoms with Gasteiger partial charge in [0.15, 0.2) is 0 Å². The third kappa shape index (κ3) is 5.59. The van der Waals surface area contributed by atoms with Crippen molar-refractivity contribution < 1.29 is 9.59 Å². The van der Waals surface area contributed by atoms with Gasteiger partial charge in [-0.1, -0.05) is 6.92 Å². The lowest BCUT2D eigenvalue weighted by Crippen LogP contribution is -2.51. The van der Waals surface area contributed by atoms with E-state index in [0.717, 1.165) is 32.4 Å². The lowest BCUT2D eigenvalue weighted by atomic mass is 10.0. The molecule has 19 heavy (non-hydrogen) atoms. The minimum Gasteiger partial charge on any atom is -0.354 e. The molecular formula is C14H27N3O2. The fourth-order valence-electron chi connectivity index (χ4n) is 2.30. The summed E-state index contributed by atoms with van der Waals surface area (Å²) in [5, 5.41) is 6.13. The first-order valence-electron chi connectivity index (χ1n) is 7.36. The second-order valence-electron chi connectivity index (χ2n) is 5.45. The summed E-state index contributed by atoms with van der Waals surface area (Å²) in [6.07, 6.45) is 3.34. The van der Waals surface area contributed by atoms with Gasteiger partial charge in [0.05, 0.1) is 6.04 Å². The molecule has 1 aliphatic heterocycles. The van der Waals surface area contributed by atoms with Crippen molar-refractivity contribution in [2.75, 3.05) is 19.6 Å². The van der Waals surface area contributed by atoms with Crippen LogP contribution in [0.3, 0.4) is 0 Å². The number of hydrogen-bond donors (Lipinski definition) is 2. The third-order valence-electron chi connectivity index (χ3n) is 3.23. The highest BCUT2D eigenvalue weighted by Crippen LogP contribution is 2.12. The molecule has 2 N–H and O–H groups in total. The van der Waals surface area contributed by atoms with E-state index in [9.17, 15) is 9.59 Å². The van der Waals surface area contributed by atoms with Gasteiger partial charge in [-0.15, -0.1) is 0 Å². The van der Waals surface area contributed by atoms with E-state index in [2.05, 4.69) is 17.6 Å². The van der Waals surface area contributed by atoms with Gasteiger partial charge in [0, 0.05) is 25.6 Å². The summed E-state index contributed by atoms with van der Waals surface area (Å²) >= 11 is 0. The Morgan fingerprint density at radius 3 is 2.84 bits per heavy atom. The van der Waals surface area contributed by atoms with E-state index in [1.165, 1.54) is 0 Å². The second-order valence-corrected chi connectivity index (χ2v) is 5.45. The Hall–Kier alpha value is -1.10. The fraction of sp³-hybridized carbons (Fsp3) is 0.857. The van der Waals surface area contributed by atoms with Crippen LogP contribution in [-0.2, 0) is 9.59 Å². The number of nitrogens with zero attached hydrogens (tertiary/aromatic N) is 1. The van der Waals surface area contributed by atoms with Crippen LogP contribution in [0, 0.1) is 0 Å². The minimum absolute atomic E-state index is 0.0199. The Morgan fingerprint density at radius 1 is 1.47 bits per heavy atom. The van der Waals surface area contributed by atoms with Crippen LogP contribution in [0.4, 0.5) is 0 Å². The number of rotatable bonds is 7. The summed E-state index contributed by atoms with van der Waals surface area (Å²) in [7, 11) is 0. The average molecular weight is 269 g/mol. The highest BCUT2D eigenvalue weighted by atomic mass is 16.2. The maximum Gasteiger partial charge on any atom is 0.239 e. The molecule has 2 amide bonds. The van der Waals surface area contributed by atoms with E-state index in [1.807, 2.05) is 18.7 Å². The predicted octanol–water partition coefficient (Wildman–Crippen LogP) is 0.892. The Bertz CT molecular complexity index is 305. The summed E-state index contributed by atoms with van der Waals surface area (Å²) < 4.78 is 0. The Kier molecular flexibility index (Phi) is 6.84. The first-order chi connectivity index (χ1) is 9.04. The topological polar surface area (TPSA) is 61.4 Å². The van der Waals surface area contributed by atoms with Crippen molar-refractivity contribution in [2.45, 2.75) is 58.5 Å². The Morgan fingerprint density at radius 2 is 2.21 bits per heavy atom. The number of carbonyl (C=O) groups is 2. The van der Waals surface area contributed by atoms with Crippen LogP contribution in [0.15, 0.2) is 0 Å². The molecule has 0 spiro atoms. The van der Waals surface area contributed by atoms with Crippen LogP contribution in [0.1, 0.15) is 46.5 Å². The van der Waals surface area contributed by atoms with E-state index in [0.29, 0.717) is 13.0 Å². The van der Waals surface area contributed by atoms with Gasteiger partial charge in [0.1, 0.15) is 0 Å². The van der Waals surface area contributed by atoms with E-state index in [4.69, 9.17) is 0 Å². The molecule has 110 valence electrons. The monoisotopic (exact) mass is 269 g/mol. The molecule has 0 aromatic rings. The highest BCUT2D eigenvalue weighted by Gasteiger charge is 2.27. The third-order valence-corrected chi connectivity index (χ3v) is 3.23. The van der Waals surface area contributed by atoms with Crippen LogP contribution in [0.5, 0.6) is 0 Å². The normalized spacial score (nSPS) is 19.9. The number of amides is 2. The lowest BCUT2D eigenvalue weighted by Gasteiger charge is -2.32. The first kappa shape index (κ1) is 16.0. The van der Waals surface area contributed by atoms with Crippen LogP contribution < -0.4 is 10.6 Å². The molecule has 0 aliphatic carbocycles. The van der Waals surface area contributed by atoms with Gasteiger partial charge in [0.2, 0.25) is 11.8 Å². The quantitative estimate of drug-likeness (QED) is 0.721. The van der Waals surface area contributed by atoms with Crippen molar-refractivity contribution in [3.8, 4) is 0 Å². The Labute approximate surface area is 116 Å². The van der Waals surface area contributed by atoms with Gasteiger partial charge in [-0.3, -0.25) is 9.59 Å². The molecule has 1 saturated heterocycles. The number of likely N-dealkylation sites (tertiary alicyclic amines) is 1. The molecule has 0 aromatic carbocycles. The average Bonchev–Trinajstić information content (AvgIpc) is 2.35. The number of carbonyl (C=O) groups excluding carboxylic acids is 2. The number of hydrogen-bond acceptors (Lipinski definition) is 3. The molecule has 0 bridgehead atoms. The minimum atomic E-state index is -0.0538. The molecule has 1 aliphatic rings. The van der Waals surface area contributed by atoms with Crippen molar-refractivity contribution in [1.29, 1.82) is 0 Å². The SMILES string of the molecule is CCCNC1CCCN(CCC(=O)NC(C)C)C1=O. The van der Waals surface area contributed by atoms with Gasteiger partial charge in [-0.25, -0.2) is 0 Å². The van der Waals surface area contributed by atoms with E-state index < -0.39 is 0 Å². The lowest BCUT2D eigenvalue weighted by molar-refractivity contribution is -0.136. The largest absolute Gasteiger partial charge is 0.354 e. The summed E-state index contributed by atoms with van der Waals surface area (Å²) in [6.45, 7) is 8.15. The molecule has 1 heterocycles. The van der Waals surface area contributed by atoms with Crippen molar-refractivity contribution >= 4 is 11.8 Å². The van der Waals surface area contributed by atoms with E-state index in [1.54, 1.807) is 0 Å². The first-order valence-corrected chi connectivity index (χ1v) is 7.36. The van der Waals surface area contributed by atoms with Gasteiger partial charge >= 0.3 is 0 Å². The zero-order valence-corrected chi connectivity index (χ0v) is 12.4. The maximum absolute atomic E-state index is 12.2. The molecule has 0 aromatic heterocycles. The van der Waals surface area contributed by atoms with Crippen molar-refractivity contribution in [1.82, 2.24) is 15.5 Å². The molecule has 5 heteroatoms. The van der Waals surface area contributed by atoms with E-state index in [-0.39, 0.29) is 23.9 Å².